The number of aliphatic carboxylic acids is 2. The summed E-state index contributed by atoms with van der Waals surface area (Å²) in [6, 6.07) is -5.32. The standard InChI is InChI=1S/C19H36N10O7S/c20-9(3-1-5-25-18(21)22)14(32)27-10(4-2-6-26-19(23)24)15(33)28-11(7-13(30)31)16(34)29-12(8-37)17(35)36/h9-12,37H,1-8,20H2,(H,27,32)(H,28,33)(H,29,34)(H,30,31)(H,35,36)(H4,21,22,25)(H4,23,24,26). The molecule has 17 nitrogen and oxygen atoms in total. The van der Waals surface area contributed by atoms with Crippen molar-refractivity contribution < 1.29 is 34.2 Å². The van der Waals surface area contributed by atoms with Crippen LogP contribution in [0, 0.1) is 0 Å². The topological polar surface area (TPSA) is 317 Å². The molecule has 18 heteroatoms. The first-order valence-electron chi connectivity index (χ1n) is 11.1. The number of nitrogens with zero attached hydrogens (tertiary/aromatic N) is 2. The SMILES string of the molecule is NC(N)=NCCCC(N)C(=O)NC(CCCN=C(N)N)C(=O)NC(CC(=O)O)C(=O)NC(CS)C(=O)O. The third kappa shape index (κ3) is 15.0. The van der Waals surface area contributed by atoms with Crippen molar-refractivity contribution in [2.24, 2.45) is 38.7 Å². The molecule has 0 aliphatic heterocycles. The highest BCUT2D eigenvalue weighted by atomic mass is 32.1. The van der Waals surface area contributed by atoms with Gasteiger partial charge in [-0.2, -0.15) is 12.6 Å². The Balaban J connectivity index is 5.50. The zero-order valence-electron chi connectivity index (χ0n) is 20.1. The molecule has 0 aliphatic rings. The molecule has 0 aromatic rings. The molecule has 0 radical (unpaired) electrons. The van der Waals surface area contributed by atoms with Crippen LogP contribution in [0.2, 0.25) is 0 Å². The van der Waals surface area contributed by atoms with Crippen molar-refractivity contribution >= 4 is 54.2 Å². The molecule has 15 N–H and O–H groups in total. The maximum absolute atomic E-state index is 12.9. The van der Waals surface area contributed by atoms with Crippen molar-refractivity contribution in [3.8, 4) is 0 Å². The fraction of sp³-hybridized carbons (Fsp3) is 0.632. The number of carboxylic acid groups (broad SMARTS) is 2. The van der Waals surface area contributed by atoms with Gasteiger partial charge in [-0.05, 0) is 25.7 Å². The number of hydrogen-bond acceptors (Lipinski definition) is 9. The van der Waals surface area contributed by atoms with Gasteiger partial charge in [-0.25, -0.2) is 4.79 Å². The number of thiol groups is 1. The number of carbonyl (C=O) groups is 5. The minimum absolute atomic E-state index is 0.00484. The predicted octanol–water partition coefficient (Wildman–Crippen LogP) is -4.64. The maximum Gasteiger partial charge on any atom is 0.327 e. The van der Waals surface area contributed by atoms with E-state index in [1.54, 1.807) is 0 Å². The minimum atomic E-state index is -1.64. The minimum Gasteiger partial charge on any atom is -0.481 e. The van der Waals surface area contributed by atoms with Gasteiger partial charge in [0.2, 0.25) is 17.7 Å². The summed E-state index contributed by atoms with van der Waals surface area (Å²) < 4.78 is 0. The van der Waals surface area contributed by atoms with Crippen LogP contribution in [0.1, 0.15) is 32.1 Å². The van der Waals surface area contributed by atoms with E-state index in [9.17, 15) is 24.0 Å². The first-order valence-corrected chi connectivity index (χ1v) is 11.7. The molecule has 4 atom stereocenters. The van der Waals surface area contributed by atoms with Crippen molar-refractivity contribution in [2.75, 3.05) is 18.8 Å². The van der Waals surface area contributed by atoms with Crippen LogP contribution in [0.3, 0.4) is 0 Å². The van der Waals surface area contributed by atoms with Gasteiger partial charge >= 0.3 is 11.9 Å². The molecule has 0 rings (SSSR count). The number of aliphatic imine (C=N–C) groups is 2. The molecule has 210 valence electrons. The predicted molar refractivity (Wildman–Crippen MR) is 137 cm³/mol. The molecule has 3 amide bonds. The Morgan fingerprint density at radius 2 is 1.19 bits per heavy atom. The van der Waals surface area contributed by atoms with Crippen molar-refractivity contribution in [2.45, 2.75) is 56.3 Å². The third-order valence-electron chi connectivity index (χ3n) is 4.69. The van der Waals surface area contributed by atoms with Crippen molar-refractivity contribution in [3.63, 3.8) is 0 Å². The highest BCUT2D eigenvalue weighted by Gasteiger charge is 2.31. The van der Waals surface area contributed by atoms with Crippen LogP contribution in [-0.4, -0.2) is 94.8 Å². The lowest BCUT2D eigenvalue weighted by atomic mass is 10.1. The molecular formula is C19H36N10O7S. The van der Waals surface area contributed by atoms with E-state index in [4.69, 9.17) is 38.9 Å². The first-order chi connectivity index (χ1) is 17.3. The molecule has 0 bridgehead atoms. The zero-order chi connectivity index (χ0) is 28.5. The summed E-state index contributed by atoms with van der Waals surface area (Å²) >= 11 is 3.82. The van der Waals surface area contributed by atoms with Crippen LogP contribution in [0.5, 0.6) is 0 Å². The summed E-state index contributed by atoms with van der Waals surface area (Å²) in [6.07, 6.45) is -0.0489. The van der Waals surface area contributed by atoms with Gasteiger partial charge in [0.25, 0.3) is 0 Å². The van der Waals surface area contributed by atoms with Gasteiger partial charge in [-0.1, -0.05) is 0 Å². The number of carboxylic acids is 2. The number of rotatable bonds is 18. The van der Waals surface area contributed by atoms with Crippen LogP contribution < -0.4 is 44.6 Å². The van der Waals surface area contributed by atoms with Gasteiger partial charge in [-0.15, -0.1) is 0 Å². The largest absolute Gasteiger partial charge is 0.481 e. The smallest absolute Gasteiger partial charge is 0.327 e. The number of carbonyl (C=O) groups excluding carboxylic acids is 3. The van der Waals surface area contributed by atoms with Crippen LogP contribution in [-0.2, 0) is 24.0 Å². The van der Waals surface area contributed by atoms with Crippen LogP contribution in [0.15, 0.2) is 9.98 Å². The van der Waals surface area contributed by atoms with Gasteiger partial charge in [0.1, 0.15) is 18.1 Å². The molecule has 0 aromatic carbocycles. The van der Waals surface area contributed by atoms with Gasteiger partial charge in [0.15, 0.2) is 11.9 Å². The Kier molecular flexibility index (Phi) is 15.8. The highest BCUT2D eigenvalue weighted by molar-refractivity contribution is 7.80. The Morgan fingerprint density at radius 1 is 0.730 bits per heavy atom. The van der Waals surface area contributed by atoms with E-state index < -0.39 is 60.2 Å². The van der Waals surface area contributed by atoms with E-state index in [0.717, 1.165) is 0 Å². The first kappa shape index (κ1) is 33.2. The maximum atomic E-state index is 12.9. The molecule has 0 saturated carbocycles. The molecule has 0 fully saturated rings. The lowest BCUT2D eigenvalue weighted by Gasteiger charge is -2.24. The van der Waals surface area contributed by atoms with E-state index in [0.29, 0.717) is 6.42 Å². The number of amides is 3. The van der Waals surface area contributed by atoms with Crippen LogP contribution in [0.4, 0.5) is 0 Å². The molecule has 0 spiro atoms. The molecule has 4 unspecified atom stereocenters. The Morgan fingerprint density at radius 3 is 1.65 bits per heavy atom. The van der Waals surface area contributed by atoms with E-state index in [-0.39, 0.29) is 50.0 Å². The Bertz CT molecular complexity index is 862. The fourth-order valence-electron chi connectivity index (χ4n) is 2.82. The highest BCUT2D eigenvalue weighted by Crippen LogP contribution is 2.04. The second kappa shape index (κ2) is 17.6. The summed E-state index contributed by atoms with van der Waals surface area (Å²) in [5.74, 6) is -6.05. The number of hydrogen-bond donors (Lipinski definition) is 11. The van der Waals surface area contributed by atoms with Crippen molar-refractivity contribution in [1.29, 1.82) is 0 Å². The average Bonchev–Trinajstić information content (AvgIpc) is 2.80. The summed E-state index contributed by atoms with van der Waals surface area (Å²) in [4.78, 5) is 68.0. The van der Waals surface area contributed by atoms with Gasteiger partial charge in [-0.3, -0.25) is 29.2 Å². The lowest BCUT2D eigenvalue weighted by molar-refractivity contribution is -0.143. The number of guanidine groups is 2. The quantitative estimate of drug-likeness (QED) is 0.0333. The van der Waals surface area contributed by atoms with E-state index >= 15 is 0 Å². The van der Waals surface area contributed by atoms with E-state index in [2.05, 4.69) is 38.6 Å². The summed E-state index contributed by atoms with van der Waals surface area (Å²) in [7, 11) is 0. The lowest BCUT2D eigenvalue weighted by Crippen LogP contribution is -2.57. The molecule has 0 aliphatic carbocycles. The fourth-order valence-corrected chi connectivity index (χ4v) is 3.06. The van der Waals surface area contributed by atoms with Crippen molar-refractivity contribution in [1.82, 2.24) is 16.0 Å². The third-order valence-corrected chi connectivity index (χ3v) is 5.06. The van der Waals surface area contributed by atoms with E-state index in [1.807, 2.05) is 0 Å². The molecule has 0 saturated heterocycles. The zero-order valence-corrected chi connectivity index (χ0v) is 21.0. The summed E-state index contributed by atoms with van der Waals surface area (Å²) in [5.41, 5.74) is 26.9. The van der Waals surface area contributed by atoms with E-state index in [1.165, 1.54) is 0 Å². The molecular weight excluding hydrogens is 512 g/mol. The van der Waals surface area contributed by atoms with Gasteiger partial charge < -0.3 is 54.8 Å². The van der Waals surface area contributed by atoms with Crippen molar-refractivity contribution in [3.05, 3.63) is 0 Å². The summed E-state index contributed by atoms with van der Waals surface area (Å²) in [5, 5.41) is 25.1. The van der Waals surface area contributed by atoms with Gasteiger partial charge in [0.05, 0.1) is 12.5 Å². The van der Waals surface area contributed by atoms with Gasteiger partial charge in [0, 0.05) is 18.8 Å². The molecule has 37 heavy (non-hydrogen) atoms. The molecule has 0 heterocycles. The second-order valence-corrected chi connectivity index (χ2v) is 8.17. The van der Waals surface area contributed by atoms with Crippen LogP contribution >= 0.6 is 12.6 Å². The monoisotopic (exact) mass is 548 g/mol. The molecule has 0 aromatic heterocycles. The average molecular weight is 549 g/mol. The van der Waals surface area contributed by atoms with Crippen LogP contribution in [0.25, 0.3) is 0 Å². The normalized spacial score (nSPS) is 13.7. The number of nitrogens with two attached hydrogens (primary N) is 5. The Hall–Kier alpha value is -3.80. The Labute approximate surface area is 218 Å². The summed E-state index contributed by atoms with van der Waals surface area (Å²) in [6.45, 7) is 0.356. The number of nitrogens with one attached hydrogen (secondary N) is 3. The second-order valence-electron chi connectivity index (χ2n) is 7.81.